The van der Waals surface area contributed by atoms with Crippen molar-refractivity contribution < 1.29 is 9.90 Å². The summed E-state index contributed by atoms with van der Waals surface area (Å²) >= 11 is 0. The van der Waals surface area contributed by atoms with Crippen LogP contribution in [0.15, 0.2) is 48.9 Å². The molecule has 0 radical (unpaired) electrons. The molecule has 5 heteroatoms. The Labute approximate surface area is 121 Å². The number of H-pyrrole nitrogens is 1. The van der Waals surface area contributed by atoms with E-state index >= 15 is 0 Å². The smallest absolute Gasteiger partial charge is 0.320 e. The van der Waals surface area contributed by atoms with Crippen LogP contribution in [0.4, 0.5) is 0 Å². The van der Waals surface area contributed by atoms with Crippen molar-refractivity contribution in [3.05, 3.63) is 54.5 Å². The van der Waals surface area contributed by atoms with Crippen molar-refractivity contribution in [2.75, 3.05) is 0 Å². The molecule has 0 unspecified atom stereocenters. The van der Waals surface area contributed by atoms with Crippen LogP contribution in [0.25, 0.3) is 22.0 Å². The zero-order valence-corrected chi connectivity index (χ0v) is 11.3. The molecule has 0 aliphatic rings. The van der Waals surface area contributed by atoms with Crippen molar-refractivity contribution in [1.82, 2.24) is 9.97 Å². The fourth-order valence-electron chi connectivity index (χ4n) is 2.39. The molecule has 0 amide bonds. The SMILES string of the molecule is N[C@@H](Cc1c[nH]c2cc(-c3cccnc3)ccc12)C(=O)O. The van der Waals surface area contributed by atoms with Crippen LogP contribution in [0.3, 0.4) is 0 Å². The van der Waals surface area contributed by atoms with E-state index in [1.54, 1.807) is 6.20 Å². The summed E-state index contributed by atoms with van der Waals surface area (Å²) in [5.74, 6) is -0.990. The third-order valence-corrected chi connectivity index (χ3v) is 3.52. The highest BCUT2D eigenvalue weighted by molar-refractivity contribution is 5.88. The number of aliphatic carboxylic acids is 1. The maximum Gasteiger partial charge on any atom is 0.320 e. The molecule has 3 rings (SSSR count). The Morgan fingerprint density at radius 2 is 2.19 bits per heavy atom. The Balaban J connectivity index is 1.96. The lowest BCUT2D eigenvalue weighted by Crippen LogP contribution is -2.32. The summed E-state index contributed by atoms with van der Waals surface area (Å²) in [5.41, 5.74) is 9.58. The van der Waals surface area contributed by atoms with Gasteiger partial charge in [-0.2, -0.15) is 0 Å². The van der Waals surface area contributed by atoms with Crippen molar-refractivity contribution in [2.45, 2.75) is 12.5 Å². The van der Waals surface area contributed by atoms with Crippen LogP contribution in [-0.4, -0.2) is 27.1 Å². The molecule has 1 aromatic carbocycles. The van der Waals surface area contributed by atoms with Crippen LogP contribution >= 0.6 is 0 Å². The maximum atomic E-state index is 10.9. The first-order chi connectivity index (χ1) is 10.1. The van der Waals surface area contributed by atoms with Gasteiger partial charge in [-0.05, 0) is 23.3 Å². The average molecular weight is 281 g/mol. The molecule has 106 valence electrons. The topological polar surface area (TPSA) is 92.0 Å². The molecule has 0 saturated heterocycles. The quantitative estimate of drug-likeness (QED) is 0.683. The Hall–Kier alpha value is -2.66. The Kier molecular flexibility index (Phi) is 3.41. The van der Waals surface area contributed by atoms with E-state index in [1.165, 1.54) is 0 Å². The Morgan fingerprint density at radius 1 is 1.33 bits per heavy atom. The molecule has 0 fully saturated rings. The second kappa shape index (κ2) is 5.38. The maximum absolute atomic E-state index is 10.9. The number of aromatic amines is 1. The summed E-state index contributed by atoms with van der Waals surface area (Å²) < 4.78 is 0. The molecule has 2 aromatic heterocycles. The molecule has 0 spiro atoms. The lowest BCUT2D eigenvalue weighted by molar-refractivity contribution is -0.138. The summed E-state index contributed by atoms with van der Waals surface area (Å²) in [6.07, 6.45) is 5.68. The van der Waals surface area contributed by atoms with Gasteiger partial charge < -0.3 is 15.8 Å². The molecule has 0 aliphatic heterocycles. The molecule has 21 heavy (non-hydrogen) atoms. The summed E-state index contributed by atoms with van der Waals surface area (Å²) in [6.45, 7) is 0. The minimum absolute atomic E-state index is 0.307. The largest absolute Gasteiger partial charge is 0.480 e. The number of fused-ring (bicyclic) bond motifs is 1. The van der Waals surface area contributed by atoms with Gasteiger partial charge in [0.25, 0.3) is 0 Å². The third kappa shape index (κ3) is 2.64. The highest BCUT2D eigenvalue weighted by Gasteiger charge is 2.15. The number of hydrogen-bond donors (Lipinski definition) is 3. The predicted octanol–water partition coefficient (Wildman–Crippen LogP) is 2.18. The van der Waals surface area contributed by atoms with Gasteiger partial charge >= 0.3 is 5.97 Å². The van der Waals surface area contributed by atoms with Crippen LogP contribution in [0.5, 0.6) is 0 Å². The van der Waals surface area contributed by atoms with Gasteiger partial charge in [-0.3, -0.25) is 9.78 Å². The highest BCUT2D eigenvalue weighted by atomic mass is 16.4. The molecular weight excluding hydrogens is 266 g/mol. The lowest BCUT2D eigenvalue weighted by atomic mass is 10.0. The van der Waals surface area contributed by atoms with Crippen molar-refractivity contribution >= 4 is 16.9 Å². The van der Waals surface area contributed by atoms with Crippen LogP contribution < -0.4 is 5.73 Å². The second-order valence-corrected chi connectivity index (χ2v) is 4.96. The summed E-state index contributed by atoms with van der Waals surface area (Å²) in [5, 5.41) is 9.90. The molecule has 3 aromatic rings. The van der Waals surface area contributed by atoms with Crippen molar-refractivity contribution in [2.24, 2.45) is 5.73 Å². The van der Waals surface area contributed by atoms with E-state index in [4.69, 9.17) is 10.8 Å². The molecule has 1 atom stereocenters. The number of hydrogen-bond acceptors (Lipinski definition) is 3. The summed E-state index contributed by atoms with van der Waals surface area (Å²) in [6, 6.07) is 9.02. The van der Waals surface area contributed by atoms with E-state index in [-0.39, 0.29) is 0 Å². The van der Waals surface area contributed by atoms with Crippen molar-refractivity contribution in [3.63, 3.8) is 0 Å². The normalized spacial score (nSPS) is 12.4. The van der Waals surface area contributed by atoms with E-state index in [0.29, 0.717) is 6.42 Å². The van der Waals surface area contributed by atoms with Gasteiger partial charge in [0.1, 0.15) is 6.04 Å². The number of benzene rings is 1. The molecule has 0 aliphatic carbocycles. The van der Waals surface area contributed by atoms with Crippen LogP contribution in [0.2, 0.25) is 0 Å². The van der Waals surface area contributed by atoms with Gasteiger partial charge in [0.15, 0.2) is 0 Å². The lowest BCUT2D eigenvalue weighted by Gasteiger charge is -2.05. The van der Waals surface area contributed by atoms with Gasteiger partial charge in [0, 0.05) is 41.5 Å². The van der Waals surface area contributed by atoms with E-state index < -0.39 is 12.0 Å². The van der Waals surface area contributed by atoms with E-state index in [0.717, 1.165) is 27.6 Å². The predicted molar refractivity (Wildman–Crippen MR) is 80.8 cm³/mol. The first kappa shape index (κ1) is 13.3. The van der Waals surface area contributed by atoms with Gasteiger partial charge in [-0.1, -0.05) is 18.2 Å². The average Bonchev–Trinajstić information content (AvgIpc) is 2.90. The minimum Gasteiger partial charge on any atom is -0.480 e. The van der Waals surface area contributed by atoms with Crippen molar-refractivity contribution in [1.29, 1.82) is 0 Å². The van der Waals surface area contributed by atoms with Crippen molar-refractivity contribution in [3.8, 4) is 11.1 Å². The van der Waals surface area contributed by atoms with Gasteiger partial charge in [-0.15, -0.1) is 0 Å². The zero-order valence-electron chi connectivity index (χ0n) is 11.3. The fraction of sp³-hybridized carbons (Fsp3) is 0.125. The number of nitrogens with two attached hydrogens (primary N) is 1. The molecular formula is C16H15N3O2. The van der Waals surface area contributed by atoms with Gasteiger partial charge in [0.05, 0.1) is 0 Å². The standard InChI is InChI=1S/C16H15N3O2/c17-14(16(20)21)6-12-9-19-15-7-10(3-4-13(12)15)11-2-1-5-18-8-11/h1-5,7-9,14,19H,6,17H2,(H,20,21)/t14-/m0/s1. The zero-order chi connectivity index (χ0) is 14.8. The first-order valence-electron chi connectivity index (χ1n) is 6.64. The first-order valence-corrected chi connectivity index (χ1v) is 6.64. The second-order valence-electron chi connectivity index (χ2n) is 4.96. The van der Waals surface area contributed by atoms with Gasteiger partial charge in [-0.25, -0.2) is 0 Å². The molecule has 5 nitrogen and oxygen atoms in total. The third-order valence-electron chi connectivity index (χ3n) is 3.52. The fourth-order valence-corrected chi connectivity index (χ4v) is 2.39. The van der Waals surface area contributed by atoms with E-state index in [9.17, 15) is 4.79 Å². The molecule has 0 saturated carbocycles. The molecule has 4 N–H and O–H groups in total. The Morgan fingerprint density at radius 3 is 2.90 bits per heavy atom. The molecule has 0 bridgehead atoms. The number of nitrogens with one attached hydrogen (secondary N) is 1. The number of carbonyl (C=O) groups is 1. The number of carboxylic acids is 1. The summed E-state index contributed by atoms with van der Waals surface area (Å²) in [7, 11) is 0. The number of rotatable bonds is 4. The number of pyridine rings is 1. The van der Waals surface area contributed by atoms with Crippen LogP contribution in [0.1, 0.15) is 5.56 Å². The highest BCUT2D eigenvalue weighted by Crippen LogP contribution is 2.26. The van der Waals surface area contributed by atoms with Crippen LogP contribution in [0, 0.1) is 0 Å². The number of carboxylic acid groups (broad SMARTS) is 1. The number of nitrogens with zero attached hydrogens (tertiary/aromatic N) is 1. The van der Waals surface area contributed by atoms with Crippen LogP contribution in [-0.2, 0) is 11.2 Å². The van der Waals surface area contributed by atoms with Gasteiger partial charge in [0.2, 0.25) is 0 Å². The van der Waals surface area contributed by atoms with E-state index in [1.807, 2.05) is 42.7 Å². The minimum atomic E-state index is -0.990. The van der Waals surface area contributed by atoms with E-state index in [2.05, 4.69) is 9.97 Å². The Bertz CT molecular complexity index is 781. The number of aromatic nitrogens is 2. The monoisotopic (exact) mass is 281 g/mol. The molecule has 2 heterocycles. The summed E-state index contributed by atoms with van der Waals surface area (Å²) in [4.78, 5) is 18.1.